The number of sulfone groups is 7. The Bertz CT molecular complexity index is 9230. The molecule has 2 aliphatic carbocycles. The number of ketones is 2. The Balaban J connectivity index is 0.000000104. The summed E-state index contributed by atoms with van der Waals surface area (Å²) in [5, 5.41) is 42.9. The Morgan fingerprint density at radius 3 is 0.953 bits per heavy atom. The monoisotopic (exact) mass is 2110 g/mol. The van der Waals surface area contributed by atoms with Crippen molar-refractivity contribution in [1.82, 2.24) is 59.8 Å². The van der Waals surface area contributed by atoms with Crippen LogP contribution in [0.5, 0.6) is 5.75 Å². The van der Waals surface area contributed by atoms with E-state index < -0.39 is 68.9 Å². The summed E-state index contributed by atoms with van der Waals surface area (Å²) in [6.07, 6.45) is 16.2. The van der Waals surface area contributed by atoms with E-state index in [2.05, 4.69) is 140 Å². The quantitative estimate of drug-likeness (QED) is 0.0393. The van der Waals surface area contributed by atoms with Gasteiger partial charge < -0.3 is 37.0 Å². The van der Waals surface area contributed by atoms with E-state index in [0.29, 0.717) is 164 Å². The molecule has 0 radical (unpaired) electrons. The van der Waals surface area contributed by atoms with Crippen LogP contribution in [0.2, 0.25) is 0 Å². The van der Waals surface area contributed by atoms with E-state index in [-0.39, 0.29) is 87.0 Å². The number of anilines is 9. The van der Waals surface area contributed by atoms with Crippen molar-refractivity contribution in [3.63, 3.8) is 0 Å². The van der Waals surface area contributed by atoms with E-state index in [0.717, 1.165) is 98.0 Å². The van der Waals surface area contributed by atoms with Gasteiger partial charge >= 0.3 is 0 Å². The summed E-state index contributed by atoms with van der Waals surface area (Å²) in [6.45, 7) is 3.03. The molecule has 43 heteroatoms. The summed E-state index contributed by atoms with van der Waals surface area (Å²) >= 11 is 0. The van der Waals surface area contributed by atoms with Crippen molar-refractivity contribution >= 4 is 198 Å². The number of nitriles is 1. The number of nitrogens with zero attached hydrogens (tertiary/aromatic N) is 13. The number of aromatic hydroxyl groups is 1. The molecule has 7 N–H and O–H groups in total. The first kappa shape index (κ1) is 98.6. The third-order valence-corrected chi connectivity index (χ3v) is 40.4. The molecule has 0 bridgehead atoms. The maximum Gasteiger partial charge on any atom is 0.179 e. The number of Topliss-reactive ketones (excluding diaryl/α,β-unsaturated/α-hetero) is 2. The fraction of sp³-hybridized carbons (Fsp3) is 0.229. The fourth-order valence-corrected chi connectivity index (χ4v) is 31.7. The SMILES string of the molecule is CC(=O)c1ccc(Nc2ncnc3ccc4c(c23)CCS4(=O)=O)cc1.CC(=O)c1cccc(Nc2ncnc3ccc4c(c23)CCS4(=O)=O)c1.N#Cc1cc(Nc2ncnc3ccc4c(c23)CCS4(=O)=O)ccc1O.O=S1(=O)CCC(Nc2ncnc3ccc4c(c23)CCS4(=O)=O)C1.O=S1(=O)CCc2c1ccc1ncnc(N[C@@H]3CCc4ccccc43)c21.O=S1(=O)CCc2c1ccc1ncnc(N[C@H]3CCc4ccccc43)c21. The smallest absolute Gasteiger partial charge is 0.179 e. The first-order valence-corrected chi connectivity index (χ1v) is 59.1. The second-order valence-electron chi connectivity index (χ2n) is 37.0. The fourth-order valence-electron chi connectivity index (χ4n) is 20.7. The number of rotatable bonds is 14. The molecule has 36 nitrogen and oxygen atoms in total. The molecule has 6 aromatic heterocycles. The Morgan fingerprint density at radius 2 is 0.622 bits per heavy atom. The number of hydrogen-bond acceptors (Lipinski definition) is 36. The first-order chi connectivity index (χ1) is 71.0. The van der Waals surface area contributed by atoms with Crippen molar-refractivity contribution in [3.05, 3.63) is 298 Å². The molecule has 26 rings (SSSR count). The number of carbonyl (C=O) groups is 2. The topological polar surface area (TPSA) is 544 Å². The van der Waals surface area contributed by atoms with Gasteiger partial charge in [-0.2, -0.15) is 5.26 Å². The summed E-state index contributed by atoms with van der Waals surface area (Å²) in [5.74, 6) is 4.41. The highest BCUT2D eigenvalue weighted by Crippen LogP contribution is 2.46. The van der Waals surface area contributed by atoms with Crippen LogP contribution in [0.1, 0.15) is 127 Å². The lowest BCUT2D eigenvalue weighted by molar-refractivity contribution is 0.100. The number of nitrogens with one attached hydrogen (secondary N) is 6. The van der Waals surface area contributed by atoms with Crippen LogP contribution in [-0.2, 0) is 120 Å². The van der Waals surface area contributed by atoms with E-state index in [4.69, 9.17) is 5.26 Å². The van der Waals surface area contributed by atoms with Crippen LogP contribution in [0, 0.1) is 11.3 Å². The summed E-state index contributed by atoms with van der Waals surface area (Å²) in [7, 11) is -22.3. The van der Waals surface area contributed by atoms with Gasteiger partial charge in [-0.3, -0.25) is 9.59 Å². The molecular weight excluding hydrogens is 2020 g/mol. The third-order valence-electron chi connectivity index (χ3n) is 27.9. The summed E-state index contributed by atoms with van der Waals surface area (Å²) < 4.78 is 169. The molecule has 7 aliphatic heterocycles. The van der Waals surface area contributed by atoms with Crippen LogP contribution in [0.25, 0.3) is 65.4 Å². The second-order valence-corrected chi connectivity index (χ2v) is 51.7. The number of hydrogen-bond donors (Lipinski definition) is 7. The number of benzene rings is 11. The van der Waals surface area contributed by atoms with Gasteiger partial charge in [0.1, 0.15) is 84.7 Å². The highest BCUT2D eigenvalue weighted by molar-refractivity contribution is 7.93. The second kappa shape index (κ2) is 39.1. The van der Waals surface area contributed by atoms with E-state index >= 15 is 0 Å². The Morgan fingerprint density at radius 1 is 0.311 bits per heavy atom. The number of fused-ring (bicyclic) bond motifs is 20. The van der Waals surface area contributed by atoms with Gasteiger partial charge in [0, 0.05) is 66.5 Å². The summed E-state index contributed by atoms with van der Waals surface area (Å²) in [4.78, 5) is 76.8. The van der Waals surface area contributed by atoms with Gasteiger partial charge in [0.25, 0.3) is 0 Å². The van der Waals surface area contributed by atoms with Crippen LogP contribution < -0.4 is 31.9 Å². The molecule has 3 atom stereocenters. The molecule has 9 aliphatic rings. The highest BCUT2D eigenvalue weighted by atomic mass is 32.2. The zero-order valence-corrected chi connectivity index (χ0v) is 84.9. The molecule has 0 amide bonds. The highest BCUT2D eigenvalue weighted by Gasteiger charge is 2.38. The molecule has 750 valence electrons. The van der Waals surface area contributed by atoms with E-state index in [9.17, 15) is 73.6 Å². The zero-order valence-electron chi connectivity index (χ0n) is 79.2. The molecule has 0 spiro atoms. The van der Waals surface area contributed by atoms with Gasteiger partial charge in [-0.05, 0) is 268 Å². The van der Waals surface area contributed by atoms with Gasteiger partial charge in [0.05, 0.1) is 126 Å². The zero-order chi connectivity index (χ0) is 103. The van der Waals surface area contributed by atoms with Crippen molar-refractivity contribution < 1.29 is 73.6 Å². The molecule has 11 aromatic carbocycles. The number of aromatic nitrogens is 12. The van der Waals surface area contributed by atoms with Crippen molar-refractivity contribution in [1.29, 1.82) is 5.26 Å². The molecule has 13 heterocycles. The average Bonchev–Trinajstić information content (AvgIpc) is 1.59. The van der Waals surface area contributed by atoms with Gasteiger partial charge in [-0.15, -0.1) is 0 Å². The van der Waals surface area contributed by atoms with E-state index in [1.165, 1.54) is 73.5 Å². The van der Waals surface area contributed by atoms with E-state index in [1.54, 1.807) is 134 Å². The maximum absolute atomic E-state index is 12.3. The van der Waals surface area contributed by atoms with Crippen molar-refractivity contribution in [2.45, 2.75) is 132 Å². The number of aryl methyl sites for hydroxylation is 8. The van der Waals surface area contributed by atoms with Crippen LogP contribution >= 0.6 is 0 Å². The first-order valence-electron chi connectivity index (χ1n) is 47.4. The number of phenols is 1. The van der Waals surface area contributed by atoms with Crippen LogP contribution in [-0.4, -0.2) is 187 Å². The van der Waals surface area contributed by atoms with Gasteiger partial charge in [0.2, 0.25) is 0 Å². The number of carbonyl (C=O) groups excluding carboxylic acids is 2. The molecule has 17 aromatic rings. The van der Waals surface area contributed by atoms with Crippen LogP contribution in [0.15, 0.2) is 255 Å². The predicted molar refractivity (Wildman–Crippen MR) is 560 cm³/mol. The van der Waals surface area contributed by atoms with Crippen LogP contribution in [0.4, 0.5) is 52.0 Å². The van der Waals surface area contributed by atoms with Gasteiger partial charge in [-0.1, -0.05) is 60.7 Å². The Labute approximate surface area is 850 Å². The Hall–Kier alpha value is -15.5. The minimum atomic E-state index is -3.26. The lowest BCUT2D eigenvalue weighted by Gasteiger charge is -2.17. The van der Waals surface area contributed by atoms with Crippen molar-refractivity contribution in [2.75, 3.05) is 77.9 Å². The van der Waals surface area contributed by atoms with Crippen LogP contribution in [0.3, 0.4) is 0 Å². The minimum absolute atomic E-state index is 0.00191. The number of phenolic OH excluding ortho intramolecular Hbond substituents is 1. The molecule has 1 saturated heterocycles. The molecule has 148 heavy (non-hydrogen) atoms. The average molecular weight is 2120 g/mol. The van der Waals surface area contributed by atoms with E-state index in [1.807, 2.05) is 12.1 Å². The van der Waals surface area contributed by atoms with Crippen molar-refractivity contribution in [3.8, 4) is 11.8 Å². The van der Waals surface area contributed by atoms with Gasteiger partial charge in [-0.25, -0.2) is 119 Å². The molecule has 0 saturated carbocycles. The summed E-state index contributed by atoms with van der Waals surface area (Å²) in [5.41, 5.74) is 17.7. The van der Waals surface area contributed by atoms with Gasteiger partial charge in [0.15, 0.2) is 80.4 Å². The van der Waals surface area contributed by atoms with Crippen molar-refractivity contribution in [2.24, 2.45) is 0 Å². The normalized spacial score (nSPS) is 18.3. The predicted octanol–water partition coefficient (Wildman–Crippen LogP) is 14.8. The third kappa shape index (κ3) is 19.3. The molecule has 1 unspecified atom stereocenters. The largest absolute Gasteiger partial charge is 0.507 e. The maximum atomic E-state index is 12.3. The standard InChI is InChI=1S/2C19H17N3O2S.2C18H15N3O3S.C17H12N4O3S.C14H15N3O4S2/c2*23-25(24)10-9-14-17(25)8-7-16-18(14)19(21-11-20-16)22-15-6-5-12-3-1-2-4-13(12)15;1-11(22)12-2-4-13(5-3-12)21-18-17-14-8-9-25(23,24)16(14)7-6-15(17)19-10-20-18;1-11(22)12-3-2-4-13(9-12)21-18-17-14-7-8-25(23,24)16(14)6-5-15(17)19-10-20-18;18-8-10-7-11(1-3-14(10)22)21-17-16-12-5-6-25(23,24)15(12)4-2-13(16)19-9-20-17;18-22(19)5-3-9(7-22)17-14-13-10-4-6-23(20,21)12(10)2-1-11(13)15-8-16-14/h2*1-4,7-8,11,15H,5-6,9-10H2,(H,20,21,22);2-7,10H,8-9H2,1H3,(H,19,20,21);2-6,9-10H,7-8H2,1H3,(H,19,20,21);1-4,7,9,22H,5-6H2,(H,19,20,21);1-2,8-9H,3-7H2,(H,15,16,17)/t2*15-;;;;/m10..../s1. The minimum Gasteiger partial charge on any atom is -0.507 e. The molecular formula is C105H91N19O17S7. The lowest BCUT2D eigenvalue weighted by atomic mass is 10.1. The molecule has 1 fully saturated rings. The summed E-state index contributed by atoms with van der Waals surface area (Å²) in [6, 6.07) is 57.8. The Kier molecular flexibility index (Phi) is 26.0. The lowest BCUT2D eigenvalue weighted by Crippen LogP contribution is -2.21.